The highest BCUT2D eigenvalue weighted by Gasteiger charge is 2.42. The van der Waals surface area contributed by atoms with Gasteiger partial charge in [-0.3, -0.25) is 9.69 Å². The third kappa shape index (κ3) is 2.65. The van der Waals surface area contributed by atoms with Crippen LogP contribution in [-0.2, 0) is 4.79 Å². The van der Waals surface area contributed by atoms with E-state index in [4.69, 9.17) is 5.73 Å². The van der Waals surface area contributed by atoms with Crippen LogP contribution in [0.25, 0.3) is 0 Å². The SMILES string of the molecule is N#CC1=C2N=C(N)c3ccccc3N2C2=C(C(=O)CCC2)[C@H]1c1cccc(Br)c1. The Kier molecular flexibility index (Phi) is 4.14. The molecule has 29 heavy (non-hydrogen) atoms. The molecule has 2 heterocycles. The molecule has 5 nitrogen and oxygen atoms in total. The number of hydrogen-bond donors (Lipinski definition) is 1. The molecule has 3 aliphatic rings. The fourth-order valence-electron chi connectivity index (χ4n) is 4.49. The first-order valence-corrected chi connectivity index (χ1v) is 10.3. The second kappa shape index (κ2) is 6.71. The third-order valence-corrected chi connectivity index (χ3v) is 6.17. The maximum Gasteiger partial charge on any atom is 0.161 e. The van der Waals surface area contributed by atoms with Crippen LogP contribution in [0.4, 0.5) is 5.69 Å². The summed E-state index contributed by atoms with van der Waals surface area (Å²) in [6, 6.07) is 17.9. The van der Waals surface area contributed by atoms with Crippen molar-refractivity contribution in [1.82, 2.24) is 0 Å². The van der Waals surface area contributed by atoms with Crippen LogP contribution in [-0.4, -0.2) is 11.6 Å². The van der Waals surface area contributed by atoms with Gasteiger partial charge in [-0.1, -0.05) is 40.2 Å². The van der Waals surface area contributed by atoms with E-state index in [1.165, 1.54) is 0 Å². The molecule has 0 spiro atoms. The number of carbonyl (C=O) groups excluding carboxylic acids is 1. The normalized spacial score (nSPS) is 20.6. The lowest BCUT2D eigenvalue weighted by Gasteiger charge is -2.41. The minimum atomic E-state index is -0.437. The maximum absolute atomic E-state index is 13.1. The highest BCUT2D eigenvalue weighted by atomic mass is 79.9. The Balaban J connectivity index is 1.84. The first-order chi connectivity index (χ1) is 14.1. The molecule has 0 saturated heterocycles. The molecule has 5 rings (SSSR count). The van der Waals surface area contributed by atoms with Gasteiger partial charge in [-0.15, -0.1) is 0 Å². The predicted octanol–water partition coefficient (Wildman–Crippen LogP) is 4.51. The van der Waals surface area contributed by atoms with E-state index in [-0.39, 0.29) is 5.78 Å². The summed E-state index contributed by atoms with van der Waals surface area (Å²) < 4.78 is 0.905. The summed E-state index contributed by atoms with van der Waals surface area (Å²) in [6.07, 6.45) is 2.05. The molecule has 0 bridgehead atoms. The molecule has 2 aromatic rings. The number of aliphatic imine (C=N–C) groups is 1. The lowest BCUT2D eigenvalue weighted by Crippen LogP contribution is -2.39. The van der Waals surface area contributed by atoms with Crippen LogP contribution in [0.1, 0.15) is 36.3 Å². The van der Waals surface area contributed by atoms with E-state index in [9.17, 15) is 10.1 Å². The molecule has 2 N–H and O–H groups in total. The van der Waals surface area contributed by atoms with Crippen LogP contribution in [0, 0.1) is 11.3 Å². The van der Waals surface area contributed by atoms with Crippen LogP contribution >= 0.6 is 15.9 Å². The van der Waals surface area contributed by atoms with Gasteiger partial charge in [-0.2, -0.15) is 5.26 Å². The molecule has 0 radical (unpaired) electrons. The summed E-state index contributed by atoms with van der Waals surface area (Å²) in [5.41, 5.74) is 11.0. The number of nitrogens with zero attached hydrogens (tertiary/aromatic N) is 3. The lowest BCUT2D eigenvalue weighted by atomic mass is 9.75. The van der Waals surface area contributed by atoms with Crippen molar-refractivity contribution in [3.63, 3.8) is 0 Å². The molecule has 0 aromatic heterocycles. The molecule has 6 heteroatoms. The van der Waals surface area contributed by atoms with Crippen molar-refractivity contribution in [2.45, 2.75) is 25.2 Å². The number of nitrogens with two attached hydrogens (primary N) is 1. The van der Waals surface area contributed by atoms with E-state index in [1.54, 1.807) is 0 Å². The number of halogens is 1. The highest BCUT2D eigenvalue weighted by Crippen LogP contribution is 2.49. The highest BCUT2D eigenvalue weighted by molar-refractivity contribution is 9.10. The van der Waals surface area contributed by atoms with Gasteiger partial charge >= 0.3 is 0 Å². The summed E-state index contributed by atoms with van der Waals surface area (Å²) >= 11 is 3.52. The van der Waals surface area contributed by atoms with Crippen molar-refractivity contribution in [3.05, 3.63) is 86.8 Å². The van der Waals surface area contributed by atoms with Crippen molar-refractivity contribution in [2.24, 2.45) is 10.7 Å². The van der Waals surface area contributed by atoms with E-state index in [0.717, 1.165) is 39.8 Å². The monoisotopic (exact) mass is 444 g/mol. The zero-order valence-corrected chi connectivity index (χ0v) is 17.1. The minimum absolute atomic E-state index is 0.100. The molecule has 1 aliphatic carbocycles. The van der Waals surface area contributed by atoms with Crippen molar-refractivity contribution in [2.75, 3.05) is 4.90 Å². The number of benzene rings is 2. The molecular weight excluding hydrogens is 428 g/mol. The standard InChI is InChI=1S/C23H17BrN4O/c24-14-6-3-5-13(11-14)20-16(12-25)23-27-22(26)15-7-1-2-8-17(15)28(23)18-9-4-10-19(29)21(18)20/h1-3,5-8,11,20H,4,9-10H2,(H2,26,27)/t20-/m0/s1. The quantitative estimate of drug-likeness (QED) is 0.700. The molecule has 1 atom stereocenters. The van der Waals surface area contributed by atoms with E-state index >= 15 is 0 Å². The number of hydrogen-bond acceptors (Lipinski definition) is 5. The van der Waals surface area contributed by atoms with Crippen LogP contribution in [0.2, 0.25) is 0 Å². The number of allylic oxidation sites excluding steroid dienone is 3. The smallest absolute Gasteiger partial charge is 0.161 e. The minimum Gasteiger partial charge on any atom is -0.383 e. The summed E-state index contributed by atoms with van der Waals surface area (Å²) in [5.74, 6) is 0.581. The molecule has 0 unspecified atom stereocenters. The number of amidine groups is 1. The number of para-hydroxylation sites is 1. The van der Waals surface area contributed by atoms with Crippen molar-refractivity contribution < 1.29 is 4.79 Å². The zero-order valence-electron chi connectivity index (χ0n) is 15.5. The number of fused-ring (bicyclic) bond motifs is 4. The van der Waals surface area contributed by atoms with Crippen LogP contribution in [0.5, 0.6) is 0 Å². The summed E-state index contributed by atoms with van der Waals surface area (Å²) in [4.78, 5) is 19.7. The topological polar surface area (TPSA) is 82.5 Å². The van der Waals surface area contributed by atoms with Gasteiger partial charge in [-0.25, -0.2) is 4.99 Å². The Morgan fingerprint density at radius 3 is 2.79 bits per heavy atom. The number of rotatable bonds is 1. The van der Waals surface area contributed by atoms with Crippen molar-refractivity contribution in [3.8, 4) is 6.07 Å². The van der Waals surface area contributed by atoms with E-state index in [0.29, 0.717) is 29.2 Å². The maximum atomic E-state index is 13.1. The second-order valence-electron chi connectivity index (χ2n) is 7.32. The van der Waals surface area contributed by atoms with Gasteiger partial charge in [0.15, 0.2) is 11.6 Å². The summed E-state index contributed by atoms with van der Waals surface area (Å²) in [7, 11) is 0. The number of Topliss-reactive ketones (excluding diaryl/α,β-unsaturated/α-hetero) is 1. The van der Waals surface area contributed by atoms with Gasteiger partial charge < -0.3 is 5.73 Å². The first-order valence-electron chi connectivity index (χ1n) is 9.50. The van der Waals surface area contributed by atoms with Gasteiger partial charge in [0.2, 0.25) is 0 Å². The zero-order chi connectivity index (χ0) is 20.1. The molecule has 2 aliphatic heterocycles. The summed E-state index contributed by atoms with van der Waals surface area (Å²) in [5, 5.41) is 10.2. The van der Waals surface area contributed by atoms with Crippen molar-refractivity contribution >= 4 is 33.2 Å². The number of carbonyl (C=O) groups is 1. The molecule has 0 fully saturated rings. The summed E-state index contributed by atoms with van der Waals surface area (Å²) in [6.45, 7) is 0. The molecule has 0 saturated carbocycles. The Bertz CT molecular complexity index is 1200. The number of anilines is 1. The molecule has 0 amide bonds. The van der Waals surface area contributed by atoms with Crippen LogP contribution in [0.15, 0.2) is 80.7 Å². The Morgan fingerprint density at radius 1 is 1.17 bits per heavy atom. The van der Waals surface area contributed by atoms with Gasteiger partial charge in [0.25, 0.3) is 0 Å². The first kappa shape index (κ1) is 17.9. The van der Waals surface area contributed by atoms with Gasteiger partial charge in [0.05, 0.1) is 23.2 Å². The molecule has 2 aromatic carbocycles. The average molecular weight is 445 g/mol. The fraction of sp³-hybridized carbons (Fsp3) is 0.174. The van der Waals surface area contributed by atoms with Gasteiger partial charge in [0, 0.05) is 27.7 Å². The Morgan fingerprint density at radius 2 is 2.00 bits per heavy atom. The second-order valence-corrected chi connectivity index (χ2v) is 8.24. The van der Waals surface area contributed by atoms with Crippen LogP contribution < -0.4 is 10.6 Å². The number of ketones is 1. The lowest BCUT2D eigenvalue weighted by molar-refractivity contribution is -0.116. The Labute approximate surface area is 177 Å². The average Bonchev–Trinajstić information content (AvgIpc) is 2.73. The molecular formula is C23H17BrN4O. The number of nitriles is 1. The van der Waals surface area contributed by atoms with E-state index < -0.39 is 5.92 Å². The third-order valence-electron chi connectivity index (χ3n) is 5.68. The largest absolute Gasteiger partial charge is 0.383 e. The van der Waals surface area contributed by atoms with Crippen LogP contribution in [0.3, 0.4) is 0 Å². The van der Waals surface area contributed by atoms with Gasteiger partial charge in [-0.05, 0) is 42.7 Å². The van der Waals surface area contributed by atoms with E-state index in [2.05, 4.69) is 27.0 Å². The Hall–Kier alpha value is -3.17. The fourth-order valence-corrected chi connectivity index (χ4v) is 4.91. The van der Waals surface area contributed by atoms with E-state index in [1.807, 2.05) is 53.4 Å². The predicted molar refractivity (Wildman–Crippen MR) is 115 cm³/mol. The van der Waals surface area contributed by atoms with Crippen molar-refractivity contribution in [1.29, 1.82) is 5.26 Å². The molecule has 142 valence electrons. The van der Waals surface area contributed by atoms with Gasteiger partial charge in [0.1, 0.15) is 5.84 Å².